The maximum absolute atomic E-state index is 13.1. The molecule has 2 aliphatic heterocycles. The van der Waals surface area contributed by atoms with Crippen LogP contribution in [0.4, 0.5) is 16.2 Å². The number of anilines is 2. The first-order chi connectivity index (χ1) is 16.0. The third kappa shape index (κ3) is 4.67. The highest BCUT2D eigenvalue weighted by molar-refractivity contribution is 7.10. The van der Waals surface area contributed by atoms with E-state index in [9.17, 15) is 14.4 Å². The topological polar surface area (TPSA) is 83.4 Å². The van der Waals surface area contributed by atoms with Crippen LogP contribution in [0.25, 0.3) is 0 Å². The van der Waals surface area contributed by atoms with Gasteiger partial charge in [0, 0.05) is 46.8 Å². The first-order valence-corrected chi connectivity index (χ1v) is 12.1. The van der Waals surface area contributed by atoms with E-state index in [1.807, 2.05) is 28.5 Å². The number of nitrogens with one attached hydrogen (secondary N) is 2. The number of thiophene rings is 1. The average molecular weight is 483 g/mol. The zero-order valence-corrected chi connectivity index (χ0v) is 19.4. The van der Waals surface area contributed by atoms with Crippen molar-refractivity contribution in [3.8, 4) is 0 Å². The van der Waals surface area contributed by atoms with E-state index in [1.54, 1.807) is 46.2 Å². The second-order valence-electron chi connectivity index (χ2n) is 8.53. The summed E-state index contributed by atoms with van der Waals surface area (Å²) >= 11 is 7.47. The molecule has 2 aliphatic rings. The van der Waals surface area contributed by atoms with E-state index in [0.717, 1.165) is 17.0 Å². The Morgan fingerprint density at radius 1 is 1.03 bits per heavy atom. The van der Waals surface area contributed by atoms with Gasteiger partial charge in [0.25, 0.3) is 5.56 Å². The molecular formula is C24H23ClN4O3S. The lowest BCUT2D eigenvalue weighted by atomic mass is 9.83. The molecule has 0 spiro atoms. The fourth-order valence-corrected chi connectivity index (χ4v) is 5.56. The fourth-order valence-electron chi connectivity index (χ4n) is 4.74. The van der Waals surface area contributed by atoms with Gasteiger partial charge in [-0.3, -0.25) is 9.59 Å². The Hall–Kier alpha value is -3.10. The Labute approximate surface area is 200 Å². The summed E-state index contributed by atoms with van der Waals surface area (Å²) in [6, 6.07) is 13.7. The number of benzene rings is 1. The summed E-state index contributed by atoms with van der Waals surface area (Å²) in [5.74, 6) is 0.480. The summed E-state index contributed by atoms with van der Waals surface area (Å²) in [7, 11) is 0. The lowest BCUT2D eigenvalue weighted by Gasteiger charge is -2.43. The Morgan fingerprint density at radius 2 is 1.85 bits per heavy atom. The van der Waals surface area contributed by atoms with Gasteiger partial charge in [0.05, 0.1) is 6.42 Å². The molecule has 0 aliphatic carbocycles. The van der Waals surface area contributed by atoms with E-state index in [4.69, 9.17) is 11.6 Å². The summed E-state index contributed by atoms with van der Waals surface area (Å²) in [5, 5.41) is 7.92. The molecule has 2 unspecified atom stereocenters. The van der Waals surface area contributed by atoms with Crippen LogP contribution in [-0.2, 0) is 17.8 Å². The maximum atomic E-state index is 13.1. The van der Waals surface area contributed by atoms with Gasteiger partial charge in [0.1, 0.15) is 5.69 Å². The Kier molecular flexibility index (Phi) is 5.95. The lowest BCUT2D eigenvalue weighted by molar-refractivity contribution is -0.133. The van der Waals surface area contributed by atoms with Gasteiger partial charge in [0.2, 0.25) is 5.91 Å². The van der Waals surface area contributed by atoms with Crippen molar-refractivity contribution in [2.24, 2.45) is 5.92 Å². The number of urea groups is 1. The third-order valence-electron chi connectivity index (χ3n) is 6.21. The van der Waals surface area contributed by atoms with E-state index in [2.05, 4.69) is 10.6 Å². The van der Waals surface area contributed by atoms with Crippen molar-refractivity contribution in [2.45, 2.75) is 25.3 Å². The monoisotopic (exact) mass is 482 g/mol. The second-order valence-corrected chi connectivity index (χ2v) is 10.00. The van der Waals surface area contributed by atoms with Crippen LogP contribution >= 0.6 is 22.9 Å². The number of fused-ring (bicyclic) bond motifs is 4. The Bertz CT molecular complexity index is 1240. The van der Waals surface area contributed by atoms with Crippen molar-refractivity contribution >= 4 is 46.3 Å². The molecule has 5 rings (SSSR count). The van der Waals surface area contributed by atoms with Crippen molar-refractivity contribution in [2.75, 3.05) is 23.7 Å². The van der Waals surface area contributed by atoms with Gasteiger partial charge < -0.3 is 20.1 Å². The molecule has 1 aromatic carbocycles. The molecule has 0 radical (unpaired) electrons. The predicted octanol–water partition coefficient (Wildman–Crippen LogP) is 4.40. The summed E-state index contributed by atoms with van der Waals surface area (Å²) < 4.78 is 1.76. The van der Waals surface area contributed by atoms with Crippen LogP contribution in [0.1, 0.15) is 22.9 Å². The van der Waals surface area contributed by atoms with Gasteiger partial charge >= 0.3 is 6.03 Å². The highest BCUT2D eigenvalue weighted by Gasteiger charge is 2.36. The van der Waals surface area contributed by atoms with Crippen LogP contribution < -0.4 is 16.2 Å². The molecule has 9 heteroatoms. The van der Waals surface area contributed by atoms with Crippen LogP contribution in [0.5, 0.6) is 0 Å². The number of nitrogens with zero attached hydrogens (tertiary/aromatic N) is 2. The highest BCUT2D eigenvalue weighted by Crippen LogP contribution is 2.35. The van der Waals surface area contributed by atoms with Gasteiger partial charge in [-0.1, -0.05) is 17.7 Å². The molecule has 2 N–H and O–H groups in total. The number of carbonyl (C=O) groups is 2. The van der Waals surface area contributed by atoms with Crippen LogP contribution in [-0.4, -0.2) is 34.5 Å². The van der Waals surface area contributed by atoms with E-state index in [-0.39, 0.29) is 29.0 Å². The highest BCUT2D eigenvalue weighted by atomic mass is 35.5. The zero-order valence-electron chi connectivity index (χ0n) is 17.8. The predicted molar refractivity (Wildman–Crippen MR) is 130 cm³/mol. The number of hydrogen-bond donors (Lipinski definition) is 2. The average Bonchev–Trinajstić information content (AvgIpc) is 3.30. The number of hydrogen-bond acceptors (Lipinski definition) is 4. The van der Waals surface area contributed by atoms with Crippen molar-refractivity contribution in [3.63, 3.8) is 0 Å². The summed E-state index contributed by atoms with van der Waals surface area (Å²) in [6.07, 6.45) is 1.39. The number of piperidine rings is 1. The van der Waals surface area contributed by atoms with Crippen LogP contribution in [0, 0.1) is 5.92 Å². The van der Waals surface area contributed by atoms with Crippen molar-refractivity contribution in [3.05, 3.63) is 79.9 Å². The molecular weight excluding hydrogens is 460 g/mol. The summed E-state index contributed by atoms with van der Waals surface area (Å²) in [4.78, 5) is 41.3. The number of rotatable bonds is 4. The number of carbonyl (C=O) groups excluding carboxylic acids is 2. The summed E-state index contributed by atoms with van der Waals surface area (Å²) in [6.45, 7) is 1.81. The lowest BCUT2D eigenvalue weighted by Crippen LogP contribution is -2.49. The molecule has 170 valence electrons. The number of likely N-dealkylation sites (tertiary alicyclic amines) is 1. The third-order valence-corrected chi connectivity index (χ3v) is 7.34. The summed E-state index contributed by atoms with van der Waals surface area (Å²) in [5.41, 5.74) is 1.52. The van der Waals surface area contributed by atoms with Crippen molar-refractivity contribution in [1.82, 2.24) is 9.47 Å². The van der Waals surface area contributed by atoms with Crippen molar-refractivity contribution in [1.29, 1.82) is 0 Å². The van der Waals surface area contributed by atoms with Crippen LogP contribution in [0.2, 0.25) is 5.02 Å². The quantitative estimate of drug-likeness (QED) is 0.578. The molecule has 2 aromatic heterocycles. The molecule has 7 nitrogen and oxygen atoms in total. The minimum Gasteiger partial charge on any atom is -0.341 e. The molecule has 0 saturated carbocycles. The van der Waals surface area contributed by atoms with E-state index >= 15 is 0 Å². The van der Waals surface area contributed by atoms with Crippen LogP contribution in [0.15, 0.2) is 58.7 Å². The number of halogens is 1. The molecule has 2 bridgehead atoms. The number of aromatic nitrogens is 1. The molecule has 4 heterocycles. The minimum atomic E-state index is -0.490. The van der Waals surface area contributed by atoms with E-state index in [1.165, 1.54) is 0 Å². The molecule has 3 aromatic rings. The minimum absolute atomic E-state index is 0.120. The van der Waals surface area contributed by atoms with Gasteiger partial charge in [-0.2, -0.15) is 0 Å². The second kappa shape index (κ2) is 9.03. The van der Waals surface area contributed by atoms with Gasteiger partial charge in [0.15, 0.2) is 0 Å². The van der Waals surface area contributed by atoms with E-state index in [0.29, 0.717) is 36.8 Å². The van der Waals surface area contributed by atoms with Crippen molar-refractivity contribution < 1.29 is 9.59 Å². The smallest absolute Gasteiger partial charge is 0.323 e. The van der Waals surface area contributed by atoms with Gasteiger partial charge in [-0.25, -0.2) is 4.79 Å². The van der Waals surface area contributed by atoms with Gasteiger partial charge in [-0.05, 0) is 60.2 Å². The Balaban J connectivity index is 1.29. The van der Waals surface area contributed by atoms with E-state index < -0.39 is 6.03 Å². The molecule has 3 amide bonds. The first kappa shape index (κ1) is 21.7. The standard InChI is InChI=1S/C24H23ClN4O3S/c25-17-3-5-18(6-4-17)26-24(32)27-20-7-8-21-16-10-15(13-29(21)23(20)31)12-28(14-16)22(30)11-19-2-1-9-33-19/h1-9,15-16H,10-14H2,(H2,26,27,32). The first-order valence-electron chi connectivity index (χ1n) is 10.8. The van der Waals surface area contributed by atoms with Crippen LogP contribution in [0.3, 0.4) is 0 Å². The Morgan fingerprint density at radius 3 is 2.61 bits per heavy atom. The maximum Gasteiger partial charge on any atom is 0.323 e. The number of amides is 3. The molecule has 1 fully saturated rings. The molecule has 2 atom stereocenters. The largest absolute Gasteiger partial charge is 0.341 e. The molecule has 33 heavy (non-hydrogen) atoms. The zero-order chi connectivity index (χ0) is 22.9. The molecule has 1 saturated heterocycles. The SMILES string of the molecule is O=C(Nc1ccc(Cl)cc1)Nc1ccc2n(c1=O)CC1CC2CN(C(=O)Cc2cccs2)C1. The van der Waals surface area contributed by atoms with Gasteiger partial charge in [-0.15, -0.1) is 11.3 Å². The number of pyridine rings is 1. The normalized spacial score (nSPS) is 19.0. The fraction of sp³-hybridized carbons (Fsp3) is 0.292.